The lowest BCUT2D eigenvalue weighted by Gasteiger charge is -2.11. The van der Waals surface area contributed by atoms with Gasteiger partial charge in [0, 0.05) is 0 Å². The van der Waals surface area contributed by atoms with Crippen LogP contribution in [0, 0.1) is 0 Å². The van der Waals surface area contributed by atoms with E-state index in [4.69, 9.17) is 24.4 Å². The molecule has 5 heteroatoms. The van der Waals surface area contributed by atoms with Gasteiger partial charge in [-0.05, 0) is 50.2 Å². The molecule has 2 heterocycles. The van der Waals surface area contributed by atoms with Gasteiger partial charge in [0.15, 0.2) is 0 Å². The third kappa shape index (κ3) is 3.93. The molecule has 1 aromatic heterocycles. The summed E-state index contributed by atoms with van der Waals surface area (Å²) in [4.78, 5) is 14.2. The first-order chi connectivity index (χ1) is 13.7. The molecule has 0 amide bonds. The summed E-state index contributed by atoms with van der Waals surface area (Å²) in [5.41, 5.74) is 4.79. The van der Waals surface area contributed by atoms with E-state index < -0.39 is 0 Å². The van der Waals surface area contributed by atoms with E-state index >= 15 is 0 Å². The number of benzene rings is 2. The van der Waals surface area contributed by atoms with Gasteiger partial charge in [-0.1, -0.05) is 30.3 Å². The highest BCUT2D eigenvalue weighted by Crippen LogP contribution is 2.29. The maximum Gasteiger partial charge on any atom is 0.145 e. The fraction of sp³-hybridized carbons (Fsp3) is 0.174. The Bertz CT molecular complexity index is 976. The molecule has 0 fully saturated rings. The second-order valence-corrected chi connectivity index (χ2v) is 6.43. The summed E-state index contributed by atoms with van der Waals surface area (Å²) in [5.74, 6) is 1.44. The van der Waals surface area contributed by atoms with Crippen molar-refractivity contribution in [3.63, 3.8) is 0 Å². The largest absolute Gasteiger partial charge is 0.488 e. The molecule has 0 radical (unpaired) electrons. The smallest absolute Gasteiger partial charge is 0.145 e. The predicted octanol–water partition coefficient (Wildman–Crippen LogP) is 5.13. The van der Waals surface area contributed by atoms with Crippen LogP contribution in [0.2, 0.25) is 0 Å². The minimum Gasteiger partial charge on any atom is -0.488 e. The van der Waals surface area contributed by atoms with Crippen LogP contribution in [-0.4, -0.2) is 29.6 Å². The summed E-state index contributed by atoms with van der Waals surface area (Å²) >= 11 is 0. The molecule has 0 unspecified atom stereocenters. The van der Waals surface area contributed by atoms with Gasteiger partial charge in [-0.15, -0.1) is 0 Å². The van der Waals surface area contributed by atoms with Crippen LogP contribution in [0.15, 0.2) is 76.7 Å². The summed E-state index contributed by atoms with van der Waals surface area (Å²) in [6.07, 6.45) is 0. The summed E-state index contributed by atoms with van der Waals surface area (Å²) in [6.45, 7) is 4.72. The van der Waals surface area contributed by atoms with E-state index in [0.29, 0.717) is 13.2 Å². The van der Waals surface area contributed by atoms with Crippen molar-refractivity contribution in [3.8, 4) is 11.5 Å². The zero-order chi connectivity index (χ0) is 19.3. The molecule has 1 aliphatic heterocycles. The van der Waals surface area contributed by atoms with E-state index in [9.17, 15) is 0 Å². The lowest BCUT2D eigenvalue weighted by atomic mass is 10.2. The topological polar surface area (TPSA) is 56.1 Å². The van der Waals surface area contributed by atoms with Crippen LogP contribution in [0.1, 0.15) is 25.2 Å². The highest BCUT2D eigenvalue weighted by atomic mass is 16.5. The summed E-state index contributed by atoms with van der Waals surface area (Å²) in [5, 5.41) is 0. The average Bonchev–Trinajstić information content (AvgIpc) is 2.73. The number of aromatic nitrogens is 1. The van der Waals surface area contributed by atoms with Crippen molar-refractivity contribution in [2.75, 3.05) is 13.2 Å². The molecule has 0 N–H and O–H groups in total. The SMILES string of the molecule is C/C1=N\c2ccccc2OCCOc2ccccc2/N=C(\C)c2cccc1n2. The molecule has 140 valence electrons. The number of pyridine rings is 1. The zero-order valence-electron chi connectivity index (χ0n) is 15.9. The van der Waals surface area contributed by atoms with Crippen molar-refractivity contribution in [1.82, 2.24) is 4.98 Å². The molecular formula is C23H21N3O2. The van der Waals surface area contributed by atoms with Gasteiger partial charge in [-0.2, -0.15) is 0 Å². The van der Waals surface area contributed by atoms with E-state index in [1.807, 2.05) is 80.6 Å². The van der Waals surface area contributed by atoms with Gasteiger partial charge < -0.3 is 9.47 Å². The second kappa shape index (κ2) is 8.05. The molecule has 2 bridgehead atoms. The lowest BCUT2D eigenvalue weighted by Crippen LogP contribution is -2.09. The van der Waals surface area contributed by atoms with Gasteiger partial charge in [0.2, 0.25) is 0 Å². The number of aliphatic imine (C=N–C) groups is 2. The number of fused-ring (bicyclic) bond motifs is 4. The Morgan fingerprint density at radius 3 is 1.57 bits per heavy atom. The maximum atomic E-state index is 5.91. The first-order valence-electron chi connectivity index (χ1n) is 9.23. The van der Waals surface area contributed by atoms with Crippen molar-refractivity contribution >= 4 is 22.8 Å². The van der Waals surface area contributed by atoms with E-state index in [0.717, 1.165) is 45.7 Å². The fourth-order valence-electron chi connectivity index (χ4n) is 2.96. The number of ether oxygens (including phenoxy) is 2. The van der Waals surface area contributed by atoms with Crippen LogP contribution >= 0.6 is 0 Å². The van der Waals surface area contributed by atoms with Crippen LogP contribution in [-0.2, 0) is 0 Å². The Morgan fingerprint density at radius 2 is 1.07 bits per heavy atom. The Morgan fingerprint density at radius 1 is 0.607 bits per heavy atom. The Balaban J connectivity index is 1.83. The third-order valence-electron chi connectivity index (χ3n) is 4.40. The molecule has 0 saturated carbocycles. The van der Waals surface area contributed by atoms with Crippen LogP contribution in [0.5, 0.6) is 11.5 Å². The van der Waals surface area contributed by atoms with Crippen LogP contribution in [0.3, 0.4) is 0 Å². The number of nitrogens with zero attached hydrogens (tertiary/aromatic N) is 3. The van der Waals surface area contributed by atoms with E-state index in [1.54, 1.807) is 0 Å². The van der Waals surface area contributed by atoms with Gasteiger partial charge in [0.1, 0.15) is 36.1 Å². The maximum absolute atomic E-state index is 5.91. The average molecular weight is 371 g/mol. The summed E-state index contributed by atoms with van der Waals surface area (Å²) < 4.78 is 11.8. The monoisotopic (exact) mass is 371 g/mol. The van der Waals surface area contributed by atoms with Gasteiger partial charge in [-0.3, -0.25) is 0 Å². The van der Waals surface area contributed by atoms with Crippen molar-refractivity contribution in [2.45, 2.75) is 13.8 Å². The first-order valence-corrected chi connectivity index (χ1v) is 9.23. The highest BCUT2D eigenvalue weighted by Gasteiger charge is 2.09. The Hall–Kier alpha value is -3.47. The molecule has 0 aliphatic carbocycles. The quantitative estimate of drug-likeness (QED) is 0.550. The van der Waals surface area contributed by atoms with Crippen LogP contribution in [0.25, 0.3) is 0 Å². The molecular weight excluding hydrogens is 350 g/mol. The Labute approximate surface area is 164 Å². The summed E-state index contributed by atoms with van der Waals surface area (Å²) in [7, 11) is 0. The van der Waals surface area contributed by atoms with Crippen molar-refractivity contribution < 1.29 is 9.47 Å². The standard InChI is InChI=1S/C23H21N3O2/c1-16-18-10-7-11-19(26-18)17(2)25-21-9-4-6-13-23(21)28-15-14-27-22-12-5-3-8-20(22)24-16/h3-13H,14-15H2,1-2H3/b24-16+,25-17+. The second-order valence-electron chi connectivity index (χ2n) is 6.43. The molecule has 0 saturated heterocycles. The molecule has 0 spiro atoms. The van der Waals surface area contributed by atoms with Crippen LogP contribution < -0.4 is 9.47 Å². The zero-order valence-corrected chi connectivity index (χ0v) is 15.9. The third-order valence-corrected chi connectivity index (χ3v) is 4.40. The van der Waals surface area contributed by atoms with E-state index in [-0.39, 0.29) is 0 Å². The van der Waals surface area contributed by atoms with Gasteiger partial charge in [-0.25, -0.2) is 15.0 Å². The number of hydrogen-bond acceptors (Lipinski definition) is 5. The lowest BCUT2D eigenvalue weighted by molar-refractivity contribution is 0.218. The number of para-hydroxylation sites is 4. The molecule has 3 aromatic rings. The van der Waals surface area contributed by atoms with Crippen LogP contribution in [0.4, 0.5) is 11.4 Å². The highest BCUT2D eigenvalue weighted by molar-refractivity contribution is 6.02. The first kappa shape index (κ1) is 17.9. The molecule has 0 atom stereocenters. The molecule has 4 rings (SSSR count). The van der Waals surface area contributed by atoms with Gasteiger partial charge in [0.05, 0.1) is 22.8 Å². The molecule has 2 aromatic carbocycles. The van der Waals surface area contributed by atoms with Crippen molar-refractivity contribution in [1.29, 1.82) is 0 Å². The minimum absolute atomic E-state index is 0.411. The van der Waals surface area contributed by atoms with Crippen molar-refractivity contribution in [3.05, 3.63) is 78.1 Å². The number of rotatable bonds is 0. The summed E-state index contributed by atoms with van der Waals surface area (Å²) in [6, 6.07) is 21.3. The normalized spacial score (nSPS) is 17.8. The van der Waals surface area contributed by atoms with Gasteiger partial charge in [0.25, 0.3) is 0 Å². The Kier molecular flexibility index (Phi) is 5.15. The minimum atomic E-state index is 0.411. The molecule has 1 aliphatic rings. The predicted molar refractivity (Wildman–Crippen MR) is 112 cm³/mol. The van der Waals surface area contributed by atoms with E-state index in [2.05, 4.69) is 0 Å². The molecule has 28 heavy (non-hydrogen) atoms. The molecule has 5 nitrogen and oxygen atoms in total. The van der Waals surface area contributed by atoms with Crippen molar-refractivity contribution in [2.24, 2.45) is 9.98 Å². The number of hydrogen-bond donors (Lipinski definition) is 0. The van der Waals surface area contributed by atoms with Gasteiger partial charge >= 0.3 is 0 Å². The van der Waals surface area contributed by atoms with E-state index in [1.165, 1.54) is 0 Å². The fourth-order valence-corrected chi connectivity index (χ4v) is 2.96.